The highest BCUT2D eigenvalue weighted by atomic mass is 14.7. The average Bonchev–Trinajstić information content (AvgIpc) is 3.51. The van der Waals surface area contributed by atoms with Crippen molar-refractivity contribution in [1.29, 1.82) is 0 Å². The summed E-state index contributed by atoms with van der Waals surface area (Å²) in [4.78, 5) is 15.3. The zero-order valence-electron chi connectivity index (χ0n) is 42.3. The molecule has 0 bridgehead atoms. The molecule has 0 amide bonds. The van der Waals surface area contributed by atoms with Crippen molar-refractivity contribution < 1.29 is 0 Å². The maximum atomic E-state index is 5.23. The van der Waals surface area contributed by atoms with E-state index in [1.54, 1.807) is 0 Å². The Morgan fingerprint density at radius 3 is 1.05 bits per heavy atom. The molecule has 0 aliphatic carbocycles. The summed E-state index contributed by atoms with van der Waals surface area (Å²) in [5, 5.41) is 4.92. The maximum Gasteiger partial charge on any atom is 0.0708 e. The van der Waals surface area contributed by atoms with Gasteiger partial charge in [-0.3, -0.25) is 15.0 Å². The van der Waals surface area contributed by atoms with Crippen LogP contribution in [0.15, 0.2) is 273 Å². The summed E-state index contributed by atoms with van der Waals surface area (Å²) in [6.45, 7) is 4.39. The predicted molar refractivity (Wildman–Crippen MR) is 319 cm³/mol. The Labute approximate surface area is 444 Å². The number of aromatic nitrogens is 3. The van der Waals surface area contributed by atoms with Crippen LogP contribution in [0.1, 0.15) is 11.1 Å². The first kappa shape index (κ1) is 46.0. The number of hydrogen-bond acceptors (Lipinski definition) is 3. The molecule has 3 nitrogen and oxygen atoms in total. The third-order valence-electron chi connectivity index (χ3n) is 14.9. The van der Waals surface area contributed by atoms with Crippen molar-refractivity contribution in [3.05, 3.63) is 285 Å². The molecule has 0 unspecified atom stereocenters. The van der Waals surface area contributed by atoms with Gasteiger partial charge in [-0.25, -0.2) is 0 Å². The van der Waals surface area contributed by atoms with E-state index in [0.29, 0.717) is 0 Å². The molecule has 10 aromatic carbocycles. The molecule has 0 spiro atoms. The number of nitrogens with zero attached hydrogens (tertiary/aromatic N) is 3. The number of pyridine rings is 3. The van der Waals surface area contributed by atoms with Crippen LogP contribution in [0.4, 0.5) is 0 Å². The van der Waals surface area contributed by atoms with E-state index in [-0.39, 0.29) is 0 Å². The molecule has 13 rings (SSSR count). The number of rotatable bonds is 10. The molecule has 13 aromatic rings. The van der Waals surface area contributed by atoms with E-state index in [9.17, 15) is 0 Å². The van der Waals surface area contributed by atoms with Crippen LogP contribution in [-0.2, 0) is 0 Å². The second-order valence-corrected chi connectivity index (χ2v) is 19.6. The fourth-order valence-electron chi connectivity index (χ4n) is 11.1. The first-order valence-corrected chi connectivity index (χ1v) is 26.0. The highest BCUT2D eigenvalue weighted by molar-refractivity contribution is 6.09. The molecular formula is C73H51N3. The summed E-state index contributed by atoms with van der Waals surface area (Å²) in [7, 11) is 0. The number of benzene rings is 10. The van der Waals surface area contributed by atoms with E-state index in [1.807, 2.05) is 24.5 Å². The standard InChI is InChI=1S/C73H51N3/c1-48-38-71(51-21-6-3-7-22-51)74-45-68(48)64-31-17-14-28-60(64)56-41-57(61-29-15-18-32-65(61)69-46-75-72(39-49(69)2)52-23-8-4-9-24-52)43-58(42-56)62-30-16-19-33-66(62)70-47-76-73(53-25-10-5-11-26-53)44-67(70)55-36-37-63-54(40-55)35-34-50-20-12-13-27-59(50)63/h3-47H,1-2H3. The van der Waals surface area contributed by atoms with Crippen LogP contribution in [0, 0.1) is 13.8 Å². The van der Waals surface area contributed by atoms with Crippen molar-refractivity contribution >= 4 is 21.5 Å². The minimum absolute atomic E-state index is 0.927. The smallest absolute Gasteiger partial charge is 0.0708 e. The zero-order chi connectivity index (χ0) is 51.0. The summed E-state index contributed by atoms with van der Waals surface area (Å²) in [6.07, 6.45) is 6.17. The third kappa shape index (κ3) is 8.74. The van der Waals surface area contributed by atoms with Gasteiger partial charge in [0.25, 0.3) is 0 Å². The predicted octanol–water partition coefficient (Wildman–Crippen LogP) is 19.5. The molecule has 358 valence electrons. The van der Waals surface area contributed by atoms with Gasteiger partial charge in [-0.1, -0.05) is 212 Å². The summed E-state index contributed by atoms with van der Waals surface area (Å²) in [5.74, 6) is 0. The summed E-state index contributed by atoms with van der Waals surface area (Å²) in [6, 6.07) is 91.5. The summed E-state index contributed by atoms with van der Waals surface area (Å²) < 4.78 is 0. The fraction of sp³-hybridized carbons (Fsp3) is 0.0274. The Balaban J connectivity index is 1.01. The van der Waals surface area contributed by atoms with E-state index in [1.165, 1.54) is 21.5 Å². The summed E-state index contributed by atoms with van der Waals surface area (Å²) >= 11 is 0. The summed E-state index contributed by atoms with van der Waals surface area (Å²) in [5.41, 5.74) is 24.0. The molecule has 0 saturated heterocycles. The van der Waals surface area contributed by atoms with Crippen LogP contribution in [0.5, 0.6) is 0 Å². The highest BCUT2D eigenvalue weighted by Crippen LogP contribution is 2.45. The quantitative estimate of drug-likeness (QED) is 0.128. The van der Waals surface area contributed by atoms with Gasteiger partial charge in [-0.2, -0.15) is 0 Å². The van der Waals surface area contributed by atoms with Gasteiger partial charge < -0.3 is 0 Å². The van der Waals surface area contributed by atoms with Crippen molar-refractivity contribution in [1.82, 2.24) is 15.0 Å². The third-order valence-corrected chi connectivity index (χ3v) is 14.9. The van der Waals surface area contributed by atoms with Crippen LogP contribution in [0.2, 0.25) is 0 Å². The molecule has 0 saturated carbocycles. The largest absolute Gasteiger partial charge is 0.256 e. The van der Waals surface area contributed by atoms with Gasteiger partial charge in [-0.05, 0) is 150 Å². The molecule has 0 N–H and O–H groups in total. The van der Waals surface area contributed by atoms with Crippen molar-refractivity contribution in [2.45, 2.75) is 13.8 Å². The van der Waals surface area contributed by atoms with Gasteiger partial charge in [0.15, 0.2) is 0 Å². The van der Waals surface area contributed by atoms with Crippen LogP contribution in [0.25, 0.3) is 133 Å². The minimum atomic E-state index is 0.927. The molecule has 0 atom stereocenters. The normalized spacial score (nSPS) is 11.3. The first-order chi connectivity index (χ1) is 37.5. The van der Waals surface area contributed by atoms with Gasteiger partial charge in [-0.15, -0.1) is 0 Å². The molecule has 0 fully saturated rings. The Kier molecular flexibility index (Phi) is 12.0. The SMILES string of the molecule is Cc1cc(-c2ccccc2)ncc1-c1ccccc1-c1cc(-c2ccccc2-c2cnc(-c3ccccc3)cc2C)cc(-c2ccccc2-c2cnc(-c3ccccc3)cc2-c2ccc3c(ccc4ccccc43)c2)c1. The minimum Gasteiger partial charge on any atom is -0.256 e. The van der Waals surface area contributed by atoms with E-state index in [4.69, 9.17) is 15.0 Å². The van der Waals surface area contributed by atoms with E-state index < -0.39 is 0 Å². The lowest BCUT2D eigenvalue weighted by Crippen LogP contribution is -1.96. The molecule has 0 aliphatic rings. The number of hydrogen-bond donors (Lipinski definition) is 0. The molecule has 3 aromatic heterocycles. The molecule has 76 heavy (non-hydrogen) atoms. The monoisotopic (exact) mass is 969 g/mol. The highest BCUT2D eigenvalue weighted by Gasteiger charge is 2.20. The topological polar surface area (TPSA) is 38.7 Å². The van der Waals surface area contributed by atoms with Gasteiger partial charge in [0.05, 0.1) is 17.1 Å². The van der Waals surface area contributed by atoms with Crippen LogP contribution < -0.4 is 0 Å². The van der Waals surface area contributed by atoms with Crippen molar-refractivity contribution in [3.8, 4) is 112 Å². The van der Waals surface area contributed by atoms with Gasteiger partial charge in [0.1, 0.15) is 0 Å². The molecular weight excluding hydrogens is 919 g/mol. The second kappa shape index (κ2) is 19.9. The Morgan fingerprint density at radius 1 is 0.211 bits per heavy atom. The van der Waals surface area contributed by atoms with Gasteiger partial charge in [0, 0.05) is 52.0 Å². The second-order valence-electron chi connectivity index (χ2n) is 19.6. The molecule has 3 heterocycles. The van der Waals surface area contributed by atoms with Crippen LogP contribution in [-0.4, -0.2) is 15.0 Å². The average molecular weight is 970 g/mol. The Hall–Kier alpha value is -9.83. The van der Waals surface area contributed by atoms with Gasteiger partial charge >= 0.3 is 0 Å². The van der Waals surface area contributed by atoms with E-state index in [2.05, 4.69) is 263 Å². The van der Waals surface area contributed by atoms with Crippen molar-refractivity contribution in [2.24, 2.45) is 0 Å². The van der Waals surface area contributed by atoms with E-state index >= 15 is 0 Å². The first-order valence-electron chi connectivity index (χ1n) is 26.0. The molecule has 3 heteroatoms. The molecule has 0 radical (unpaired) electrons. The van der Waals surface area contributed by atoms with E-state index in [0.717, 1.165) is 123 Å². The fourth-order valence-corrected chi connectivity index (χ4v) is 11.1. The lowest BCUT2D eigenvalue weighted by atomic mass is 9.85. The maximum absolute atomic E-state index is 5.23. The van der Waals surface area contributed by atoms with Crippen molar-refractivity contribution in [3.63, 3.8) is 0 Å². The number of aryl methyl sites for hydroxylation is 2. The van der Waals surface area contributed by atoms with Crippen LogP contribution in [0.3, 0.4) is 0 Å². The number of fused-ring (bicyclic) bond motifs is 3. The van der Waals surface area contributed by atoms with Gasteiger partial charge in [0.2, 0.25) is 0 Å². The van der Waals surface area contributed by atoms with Crippen molar-refractivity contribution in [2.75, 3.05) is 0 Å². The Bertz CT molecular complexity index is 4140. The molecule has 0 aliphatic heterocycles. The van der Waals surface area contributed by atoms with Crippen LogP contribution >= 0.6 is 0 Å². The Morgan fingerprint density at radius 2 is 0.579 bits per heavy atom. The lowest BCUT2D eigenvalue weighted by Gasteiger charge is -2.20. The lowest BCUT2D eigenvalue weighted by molar-refractivity contribution is 1.29. The zero-order valence-corrected chi connectivity index (χ0v) is 42.3.